The Morgan fingerprint density at radius 1 is 1.12 bits per heavy atom. The third kappa shape index (κ3) is 7.56. The van der Waals surface area contributed by atoms with Gasteiger partial charge in [0.15, 0.2) is 0 Å². The fraction of sp³-hybridized carbons (Fsp3) is 0.519. The van der Waals surface area contributed by atoms with Gasteiger partial charge in [-0.05, 0) is 90.8 Å². The van der Waals surface area contributed by atoms with Crippen molar-refractivity contribution >= 4 is 5.97 Å². The first kappa shape index (κ1) is 25.7. The molecule has 0 saturated carbocycles. The monoisotopic (exact) mass is 442 g/mol. The summed E-state index contributed by atoms with van der Waals surface area (Å²) in [6.07, 6.45) is 10.3. The third-order valence-electron chi connectivity index (χ3n) is 6.01. The first-order valence-corrected chi connectivity index (χ1v) is 11.4. The standard InChI is InChI=1S/C27H38O5/c1-18(2)9-6-12-21(26(29)30)13-7-10-19(3)11-8-14-27(5,31)24-17-22-16-23(28)15-20(4)25(22)32-24/h9,11,13,15-16,24,28,31H,6-8,10,12,14,17H2,1-5H3,(H,29,30). The molecule has 0 aromatic heterocycles. The Morgan fingerprint density at radius 3 is 2.47 bits per heavy atom. The van der Waals surface area contributed by atoms with Gasteiger partial charge in [0.05, 0.1) is 5.60 Å². The largest absolute Gasteiger partial charge is 0.508 e. The molecule has 5 heteroatoms. The fourth-order valence-corrected chi connectivity index (χ4v) is 4.04. The number of phenolic OH excluding ortho intramolecular Hbond substituents is 1. The van der Waals surface area contributed by atoms with E-state index in [1.54, 1.807) is 19.1 Å². The molecule has 176 valence electrons. The summed E-state index contributed by atoms with van der Waals surface area (Å²) in [5.41, 5.74) is 3.68. The van der Waals surface area contributed by atoms with Crippen LogP contribution in [0.1, 0.15) is 77.3 Å². The molecule has 0 amide bonds. The highest BCUT2D eigenvalue weighted by atomic mass is 16.5. The zero-order valence-electron chi connectivity index (χ0n) is 20.1. The Bertz CT molecular complexity index is 901. The van der Waals surface area contributed by atoms with Gasteiger partial charge in [0.1, 0.15) is 17.6 Å². The molecule has 1 aromatic carbocycles. The lowest BCUT2D eigenvalue weighted by atomic mass is 9.90. The van der Waals surface area contributed by atoms with E-state index in [4.69, 9.17) is 4.74 Å². The smallest absolute Gasteiger partial charge is 0.331 e. The van der Waals surface area contributed by atoms with E-state index in [-0.39, 0.29) is 11.9 Å². The number of aromatic hydroxyl groups is 1. The number of ether oxygens (including phenoxy) is 1. The summed E-state index contributed by atoms with van der Waals surface area (Å²) < 4.78 is 6.03. The van der Waals surface area contributed by atoms with Crippen molar-refractivity contribution in [3.8, 4) is 11.5 Å². The zero-order valence-corrected chi connectivity index (χ0v) is 20.1. The first-order valence-electron chi connectivity index (χ1n) is 11.4. The fourth-order valence-electron chi connectivity index (χ4n) is 4.04. The molecule has 1 aliphatic rings. The SMILES string of the molecule is CC(C)=CCCC(=CCCC(C)=CCCC(C)(O)C1Cc2cc(O)cc(C)c2O1)C(=O)O. The van der Waals surface area contributed by atoms with Crippen LogP contribution in [0.5, 0.6) is 11.5 Å². The van der Waals surface area contributed by atoms with Gasteiger partial charge in [0.25, 0.3) is 0 Å². The number of carbonyl (C=O) groups is 1. The van der Waals surface area contributed by atoms with E-state index in [2.05, 4.69) is 12.2 Å². The lowest BCUT2D eigenvalue weighted by molar-refractivity contribution is -0.132. The van der Waals surface area contributed by atoms with Gasteiger partial charge in [-0.3, -0.25) is 0 Å². The van der Waals surface area contributed by atoms with Crippen molar-refractivity contribution in [3.05, 3.63) is 58.2 Å². The summed E-state index contributed by atoms with van der Waals surface area (Å²) in [5.74, 6) is 0.150. The van der Waals surface area contributed by atoms with Crippen molar-refractivity contribution in [3.63, 3.8) is 0 Å². The molecule has 0 radical (unpaired) electrons. The molecule has 3 N–H and O–H groups in total. The van der Waals surface area contributed by atoms with Gasteiger partial charge < -0.3 is 20.1 Å². The molecule has 2 unspecified atom stereocenters. The maximum Gasteiger partial charge on any atom is 0.331 e. The van der Waals surface area contributed by atoms with Gasteiger partial charge in [0, 0.05) is 17.6 Å². The number of hydrogen-bond donors (Lipinski definition) is 3. The van der Waals surface area contributed by atoms with E-state index in [1.165, 1.54) is 11.1 Å². The molecule has 0 spiro atoms. The minimum atomic E-state index is -0.987. The summed E-state index contributed by atoms with van der Waals surface area (Å²) in [6, 6.07) is 3.38. The number of aliphatic hydroxyl groups is 1. The highest BCUT2D eigenvalue weighted by Gasteiger charge is 2.38. The van der Waals surface area contributed by atoms with Crippen LogP contribution in [0.2, 0.25) is 0 Å². The maximum atomic E-state index is 11.4. The molecule has 0 aliphatic carbocycles. The topological polar surface area (TPSA) is 87.0 Å². The first-order chi connectivity index (χ1) is 15.0. The second kappa shape index (κ2) is 11.4. The summed E-state index contributed by atoms with van der Waals surface area (Å²) in [7, 11) is 0. The van der Waals surface area contributed by atoms with Crippen LogP contribution in [0.4, 0.5) is 0 Å². The number of fused-ring (bicyclic) bond motifs is 1. The molecule has 5 nitrogen and oxygen atoms in total. The predicted octanol–water partition coefficient (Wildman–Crippen LogP) is 6.02. The zero-order chi connectivity index (χ0) is 23.9. The molecular formula is C27H38O5. The van der Waals surface area contributed by atoms with E-state index in [0.29, 0.717) is 31.3 Å². The molecule has 2 rings (SSSR count). The van der Waals surface area contributed by atoms with Crippen LogP contribution < -0.4 is 4.74 Å². The Morgan fingerprint density at radius 2 is 1.81 bits per heavy atom. The Labute approximate surface area is 192 Å². The minimum absolute atomic E-state index is 0.223. The van der Waals surface area contributed by atoms with Gasteiger partial charge in [-0.25, -0.2) is 4.79 Å². The minimum Gasteiger partial charge on any atom is -0.508 e. The highest BCUT2D eigenvalue weighted by molar-refractivity contribution is 5.86. The molecular weight excluding hydrogens is 404 g/mol. The van der Waals surface area contributed by atoms with E-state index in [0.717, 1.165) is 36.1 Å². The van der Waals surface area contributed by atoms with Crippen LogP contribution in [0.3, 0.4) is 0 Å². The molecule has 1 aliphatic heterocycles. The van der Waals surface area contributed by atoms with Crippen molar-refractivity contribution < 1.29 is 24.9 Å². The van der Waals surface area contributed by atoms with Crippen LogP contribution in [0.25, 0.3) is 0 Å². The van der Waals surface area contributed by atoms with E-state index in [1.807, 2.05) is 33.8 Å². The van der Waals surface area contributed by atoms with Crippen LogP contribution in [0.15, 0.2) is 47.1 Å². The van der Waals surface area contributed by atoms with Gasteiger partial charge >= 0.3 is 5.97 Å². The Hall–Kier alpha value is -2.53. The summed E-state index contributed by atoms with van der Waals surface area (Å²) in [4.78, 5) is 11.4. The quantitative estimate of drug-likeness (QED) is 0.288. The Balaban J connectivity index is 1.84. The molecule has 2 atom stereocenters. The predicted molar refractivity (Wildman–Crippen MR) is 128 cm³/mol. The average molecular weight is 443 g/mol. The Kier molecular flexibility index (Phi) is 9.14. The number of aryl methyl sites for hydroxylation is 1. The molecule has 0 bridgehead atoms. The highest BCUT2D eigenvalue weighted by Crippen LogP contribution is 2.39. The summed E-state index contributed by atoms with van der Waals surface area (Å²) in [5, 5.41) is 30.2. The second-order valence-corrected chi connectivity index (χ2v) is 9.40. The van der Waals surface area contributed by atoms with Crippen molar-refractivity contribution in [2.45, 2.75) is 91.3 Å². The van der Waals surface area contributed by atoms with Crippen molar-refractivity contribution in [1.82, 2.24) is 0 Å². The van der Waals surface area contributed by atoms with Gasteiger partial charge in [-0.1, -0.05) is 29.4 Å². The van der Waals surface area contributed by atoms with Gasteiger partial charge in [0.2, 0.25) is 0 Å². The van der Waals surface area contributed by atoms with Gasteiger partial charge in [-0.2, -0.15) is 0 Å². The van der Waals surface area contributed by atoms with Gasteiger partial charge in [-0.15, -0.1) is 0 Å². The molecule has 0 fully saturated rings. The average Bonchev–Trinajstić information content (AvgIpc) is 3.11. The number of benzene rings is 1. The maximum absolute atomic E-state index is 11.4. The number of aliphatic carboxylic acids is 1. The number of hydrogen-bond acceptors (Lipinski definition) is 4. The van der Waals surface area contributed by atoms with Crippen LogP contribution in [-0.2, 0) is 11.2 Å². The van der Waals surface area contributed by atoms with Crippen molar-refractivity contribution in [2.24, 2.45) is 0 Å². The van der Waals surface area contributed by atoms with Crippen molar-refractivity contribution in [2.75, 3.05) is 0 Å². The number of rotatable bonds is 11. The number of carboxylic acids is 1. The molecule has 32 heavy (non-hydrogen) atoms. The lowest BCUT2D eigenvalue weighted by Gasteiger charge is -2.29. The van der Waals surface area contributed by atoms with Crippen LogP contribution in [-0.4, -0.2) is 33.0 Å². The molecule has 1 aromatic rings. The molecule has 0 saturated heterocycles. The normalized spacial score (nSPS) is 18.0. The third-order valence-corrected chi connectivity index (χ3v) is 6.01. The lowest BCUT2D eigenvalue weighted by Crippen LogP contribution is -2.42. The molecule has 1 heterocycles. The number of allylic oxidation sites excluding steroid dienone is 5. The number of carboxylic acid groups (broad SMARTS) is 1. The van der Waals surface area contributed by atoms with E-state index < -0.39 is 11.6 Å². The number of phenols is 1. The van der Waals surface area contributed by atoms with Crippen LogP contribution in [0, 0.1) is 6.92 Å². The van der Waals surface area contributed by atoms with Crippen LogP contribution >= 0.6 is 0 Å². The summed E-state index contributed by atoms with van der Waals surface area (Å²) >= 11 is 0. The van der Waals surface area contributed by atoms with E-state index in [9.17, 15) is 20.1 Å². The summed E-state index contributed by atoms with van der Waals surface area (Å²) in [6.45, 7) is 9.77. The second-order valence-electron chi connectivity index (χ2n) is 9.40. The van der Waals surface area contributed by atoms with Crippen molar-refractivity contribution in [1.29, 1.82) is 0 Å². The van der Waals surface area contributed by atoms with E-state index >= 15 is 0 Å².